The van der Waals surface area contributed by atoms with Gasteiger partial charge < -0.3 is 14.8 Å². The largest absolute Gasteiger partial charge is 0.484 e. The molecule has 7 heteroatoms. The molecule has 0 aliphatic carbocycles. The maximum Gasteiger partial charge on any atom is 0.422 e. The van der Waals surface area contributed by atoms with Crippen LogP contribution in [0.3, 0.4) is 0 Å². The quantitative estimate of drug-likeness (QED) is 0.750. The van der Waals surface area contributed by atoms with Crippen molar-refractivity contribution in [3.63, 3.8) is 0 Å². The number of rotatable bonds is 8. The van der Waals surface area contributed by atoms with E-state index in [1.54, 1.807) is 25.1 Å². The lowest BCUT2D eigenvalue weighted by molar-refractivity contribution is -0.153. The zero-order valence-corrected chi connectivity index (χ0v) is 12.2. The van der Waals surface area contributed by atoms with Gasteiger partial charge in [0.25, 0.3) is 0 Å². The second-order valence-corrected chi connectivity index (χ2v) is 4.53. The van der Waals surface area contributed by atoms with Crippen LogP contribution in [0.4, 0.5) is 13.2 Å². The summed E-state index contributed by atoms with van der Waals surface area (Å²) in [7, 11) is 0. The highest BCUT2D eigenvalue weighted by Crippen LogP contribution is 2.18. The lowest BCUT2D eigenvalue weighted by atomic mass is 10.2. The van der Waals surface area contributed by atoms with Crippen LogP contribution in [0.15, 0.2) is 36.9 Å². The maximum atomic E-state index is 12.0. The Morgan fingerprint density at radius 2 is 2.00 bits per heavy atom. The summed E-state index contributed by atoms with van der Waals surface area (Å²) in [6.07, 6.45) is -3.43. The van der Waals surface area contributed by atoms with Gasteiger partial charge in [0.1, 0.15) is 11.9 Å². The number of nitrogens with one attached hydrogen (secondary N) is 1. The molecule has 1 N–H and O–H groups in total. The van der Waals surface area contributed by atoms with Crippen molar-refractivity contribution in [2.75, 3.05) is 13.2 Å². The van der Waals surface area contributed by atoms with Crippen LogP contribution >= 0.6 is 0 Å². The van der Waals surface area contributed by atoms with Crippen molar-refractivity contribution >= 4 is 5.91 Å². The molecule has 0 spiro atoms. The Hall–Kier alpha value is -2.02. The minimum Gasteiger partial charge on any atom is -0.484 e. The average Bonchev–Trinajstić information content (AvgIpc) is 2.48. The first-order chi connectivity index (χ1) is 10.3. The molecule has 0 radical (unpaired) electrons. The number of amides is 1. The summed E-state index contributed by atoms with van der Waals surface area (Å²) in [4.78, 5) is 11.7. The van der Waals surface area contributed by atoms with Crippen molar-refractivity contribution in [2.45, 2.75) is 25.7 Å². The Kier molecular flexibility index (Phi) is 6.91. The Morgan fingerprint density at radius 1 is 1.36 bits per heavy atom. The van der Waals surface area contributed by atoms with Gasteiger partial charge in [-0.05, 0) is 24.6 Å². The summed E-state index contributed by atoms with van der Waals surface area (Å²) >= 11 is 0. The van der Waals surface area contributed by atoms with E-state index in [4.69, 9.17) is 4.74 Å². The standard InChI is InChI=1S/C15H18F3NO3/c1-3-8-21-11(2)14(20)19-9-12-4-6-13(7-5-12)22-10-15(16,17)18/h3-7,11H,1,8-10H2,2H3,(H,19,20). The second-order valence-electron chi connectivity index (χ2n) is 4.53. The Bertz CT molecular complexity index is 486. The third kappa shape index (κ3) is 7.12. The highest BCUT2D eigenvalue weighted by Gasteiger charge is 2.28. The lowest BCUT2D eigenvalue weighted by Gasteiger charge is -2.13. The van der Waals surface area contributed by atoms with E-state index in [9.17, 15) is 18.0 Å². The molecule has 22 heavy (non-hydrogen) atoms. The number of carbonyl (C=O) groups excluding carboxylic acids is 1. The highest BCUT2D eigenvalue weighted by molar-refractivity contribution is 5.80. The summed E-state index contributed by atoms with van der Waals surface area (Å²) < 4.78 is 45.8. The molecular formula is C15H18F3NO3. The molecule has 0 saturated heterocycles. The lowest BCUT2D eigenvalue weighted by Crippen LogP contribution is -2.34. The molecule has 0 aliphatic rings. The molecule has 0 heterocycles. The molecule has 1 aromatic carbocycles. The third-order valence-electron chi connectivity index (χ3n) is 2.63. The fourth-order valence-corrected chi connectivity index (χ4v) is 1.49. The first-order valence-electron chi connectivity index (χ1n) is 6.60. The van der Waals surface area contributed by atoms with Crippen LogP contribution < -0.4 is 10.1 Å². The van der Waals surface area contributed by atoms with Crippen LogP contribution in [0, 0.1) is 0 Å². The van der Waals surface area contributed by atoms with Gasteiger partial charge in [-0.25, -0.2) is 0 Å². The molecule has 4 nitrogen and oxygen atoms in total. The van der Waals surface area contributed by atoms with Gasteiger partial charge in [-0.3, -0.25) is 4.79 Å². The van der Waals surface area contributed by atoms with E-state index in [2.05, 4.69) is 16.6 Å². The number of carbonyl (C=O) groups is 1. The number of hydrogen-bond donors (Lipinski definition) is 1. The van der Waals surface area contributed by atoms with E-state index < -0.39 is 18.9 Å². The van der Waals surface area contributed by atoms with Gasteiger partial charge in [-0.1, -0.05) is 18.2 Å². The van der Waals surface area contributed by atoms with Gasteiger partial charge in [0.2, 0.25) is 5.91 Å². The number of ether oxygens (including phenoxy) is 2. The molecule has 1 unspecified atom stereocenters. The number of halogens is 3. The Balaban J connectivity index is 2.41. The molecule has 0 saturated carbocycles. The topological polar surface area (TPSA) is 47.6 Å². The van der Waals surface area contributed by atoms with Gasteiger partial charge in [0, 0.05) is 6.54 Å². The first kappa shape index (κ1) is 18.0. The number of hydrogen-bond acceptors (Lipinski definition) is 3. The van der Waals surface area contributed by atoms with E-state index >= 15 is 0 Å². The van der Waals surface area contributed by atoms with E-state index in [-0.39, 0.29) is 24.8 Å². The zero-order chi connectivity index (χ0) is 16.6. The first-order valence-corrected chi connectivity index (χ1v) is 6.60. The monoisotopic (exact) mass is 317 g/mol. The van der Waals surface area contributed by atoms with Crippen molar-refractivity contribution in [2.24, 2.45) is 0 Å². The molecule has 1 aromatic rings. The van der Waals surface area contributed by atoms with Crippen molar-refractivity contribution < 1.29 is 27.4 Å². The molecule has 0 aliphatic heterocycles. The van der Waals surface area contributed by atoms with Gasteiger partial charge in [0.15, 0.2) is 6.61 Å². The van der Waals surface area contributed by atoms with Crippen LogP contribution in [0.2, 0.25) is 0 Å². The van der Waals surface area contributed by atoms with Crippen LogP contribution in [0.5, 0.6) is 5.75 Å². The minimum atomic E-state index is -4.37. The SMILES string of the molecule is C=CCOC(C)C(=O)NCc1ccc(OCC(F)(F)F)cc1. The number of benzene rings is 1. The third-order valence-corrected chi connectivity index (χ3v) is 2.63. The zero-order valence-electron chi connectivity index (χ0n) is 12.2. The van der Waals surface area contributed by atoms with E-state index in [0.29, 0.717) is 0 Å². The smallest absolute Gasteiger partial charge is 0.422 e. The van der Waals surface area contributed by atoms with Gasteiger partial charge in [-0.15, -0.1) is 6.58 Å². The molecule has 1 amide bonds. The molecule has 0 bridgehead atoms. The fraction of sp³-hybridized carbons (Fsp3) is 0.400. The average molecular weight is 317 g/mol. The van der Waals surface area contributed by atoms with Crippen LogP contribution in [0.25, 0.3) is 0 Å². The summed E-state index contributed by atoms with van der Waals surface area (Å²) in [5.74, 6) is -0.158. The highest BCUT2D eigenvalue weighted by atomic mass is 19.4. The summed E-state index contributed by atoms with van der Waals surface area (Å²) in [6, 6.07) is 6.01. The fourth-order valence-electron chi connectivity index (χ4n) is 1.49. The maximum absolute atomic E-state index is 12.0. The van der Waals surface area contributed by atoms with Gasteiger partial charge in [-0.2, -0.15) is 13.2 Å². The molecule has 0 fully saturated rings. The van der Waals surface area contributed by atoms with Gasteiger partial charge in [0.05, 0.1) is 6.61 Å². The van der Waals surface area contributed by atoms with Crippen molar-refractivity contribution in [1.82, 2.24) is 5.32 Å². The molecule has 1 rings (SSSR count). The van der Waals surface area contributed by atoms with Gasteiger partial charge >= 0.3 is 6.18 Å². The summed E-state index contributed by atoms with van der Waals surface area (Å²) in [5.41, 5.74) is 0.739. The normalized spacial score (nSPS) is 12.5. The Labute approximate surface area is 126 Å². The predicted molar refractivity (Wildman–Crippen MR) is 75.4 cm³/mol. The van der Waals surface area contributed by atoms with Crippen molar-refractivity contribution in [3.8, 4) is 5.75 Å². The predicted octanol–water partition coefficient (Wildman–Crippen LogP) is 2.84. The molecule has 122 valence electrons. The van der Waals surface area contributed by atoms with E-state index in [1.165, 1.54) is 12.1 Å². The molecule has 0 aromatic heterocycles. The minimum absolute atomic E-state index is 0.120. The molecular weight excluding hydrogens is 299 g/mol. The second kappa shape index (κ2) is 8.43. The van der Waals surface area contributed by atoms with Crippen molar-refractivity contribution in [3.05, 3.63) is 42.5 Å². The summed E-state index contributed by atoms with van der Waals surface area (Å²) in [6.45, 7) is 4.30. The Morgan fingerprint density at radius 3 is 2.55 bits per heavy atom. The number of alkyl halides is 3. The summed E-state index contributed by atoms with van der Waals surface area (Å²) in [5, 5.41) is 2.66. The van der Waals surface area contributed by atoms with Crippen LogP contribution in [-0.2, 0) is 16.1 Å². The van der Waals surface area contributed by atoms with Crippen LogP contribution in [0.1, 0.15) is 12.5 Å². The van der Waals surface area contributed by atoms with E-state index in [0.717, 1.165) is 5.56 Å². The van der Waals surface area contributed by atoms with E-state index in [1.807, 2.05) is 0 Å². The van der Waals surface area contributed by atoms with Crippen molar-refractivity contribution in [1.29, 1.82) is 0 Å². The van der Waals surface area contributed by atoms with Crippen LogP contribution in [-0.4, -0.2) is 31.4 Å². The molecule has 1 atom stereocenters.